The van der Waals surface area contributed by atoms with Gasteiger partial charge in [0.15, 0.2) is 0 Å². The molecule has 4 nitrogen and oxygen atoms in total. The highest BCUT2D eigenvalue weighted by Crippen LogP contribution is 2.33. The number of aromatic nitrogens is 1. The Morgan fingerprint density at radius 2 is 2.06 bits per heavy atom. The normalized spacial score (nSPS) is 10.3. The Bertz CT molecular complexity index is 526. The van der Waals surface area contributed by atoms with Crippen LogP contribution in [0.5, 0.6) is 11.5 Å². The van der Waals surface area contributed by atoms with Gasteiger partial charge < -0.3 is 14.8 Å². The van der Waals surface area contributed by atoms with E-state index in [1.54, 1.807) is 20.4 Å². The first-order valence-corrected chi connectivity index (χ1v) is 5.54. The Morgan fingerprint density at radius 1 is 1.24 bits per heavy atom. The number of hydrogen-bond donors (Lipinski definition) is 1. The lowest BCUT2D eigenvalue weighted by Gasteiger charge is -2.11. The van der Waals surface area contributed by atoms with Gasteiger partial charge in [0.25, 0.3) is 0 Å². The number of rotatable bonds is 4. The van der Waals surface area contributed by atoms with Crippen LogP contribution in [0.2, 0.25) is 0 Å². The third kappa shape index (κ3) is 2.11. The van der Waals surface area contributed by atoms with Crippen LogP contribution in [0.15, 0.2) is 24.4 Å². The maximum atomic E-state index is 5.33. The molecule has 1 heterocycles. The Hall–Kier alpha value is -1.97. The lowest BCUT2D eigenvalue weighted by molar-refractivity contribution is 0.397. The molecule has 0 saturated heterocycles. The van der Waals surface area contributed by atoms with E-state index in [1.807, 2.05) is 18.2 Å². The highest BCUT2D eigenvalue weighted by Gasteiger charge is 2.09. The second-order valence-corrected chi connectivity index (χ2v) is 3.61. The van der Waals surface area contributed by atoms with E-state index in [4.69, 9.17) is 9.47 Å². The van der Waals surface area contributed by atoms with Crippen molar-refractivity contribution in [3.63, 3.8) is 0 Å². The molecule has 0 amide bonds. The predicted molar refractivity (Wildman–Crippen MR) is 69.0 cm³/mol. The van der Waals surface area contributed by atoms with E-state index >= 15 is 0 Å². The molecule has 4 heteroatoms. The summed E-state index contributed by atoms with van der Waals surface area (Å²) in [5.41, 5.74) is 1.88. The largest absolute Gasteiger partial charge is 0.497 e. The second kappa shape index (κ2) is 4.91. The minimum atomic E-state index is 0.721. The van der Waals surface area contributed by atoms with Crippen LogP contribution in [0.4, 0.5) is 5.69 Å². The van der Waals surface area contributed by atoms with Gasteiger partial charge in [-0.3, -0.25) is 4.98 Å². The number of benzene rings is 1. The average molecular weight is 232 g/mol. The van der Waals surface area contributed by atoms with E-state index in [0.717, 1.165) is 34.6 Å². The number of pyridine rings is 1. The molecule has 0 aliphatic rings. The van der Waals surface area contributed by atoms with Crippen molar-refractivity contribution in [1.29, 1.82) is 0 Å². The third-order valence-electron chi connectivity index (χ3n) is 2.61. The number of ether oxygens (including phenoxy) is 2. The van der Waals surface area contributed by atoms with Crippen molar-refractivity contribution >= 4 is 16.6 Å². The zero-order valence-corrected chi connectivity index (χ0v) is 10.3. The van der Waals surface area contributed by atoms with Gasteiger partial charge in [0, 0.05) is 29.9 Å². The van der Waals surface area contributed by atoms with Crippen molar-refractivity contribution < 1.29 is 9.47 Å². The molecule has 1 N–H and O–H groups in total. The van der Waals surface area contributed by atoms with E-state index in [9.17, 15) is 0 Å². The Morgan fingerprint density at radius 3 is 2.71 bits per heavy atom. The fourth-order valence-corrected chi connectivity index (χ4v) is 1.82. The number of fused-ring (bicyclic) bond motifs is 1. The van der Waals surface area contributed by atoms with Gasteiger partial charge in [0.05, 0.1) is 14.2 Å². The highest BCUT2D eigenvalue weighted by molar-refractivity contribution is 5.95. The molecule has 0 atom stereocenters. The number of hydrogen-bond acceptors (Lipinski definition) is 4. The van der Waals surface area contributed by atoms with Crippen molar-refractivity contribution in [2.75, 3.05) is 26.1 Å². The summed E-state index contributed by atoms with van der Waals surface area (Å²) in [5, 5.41) is 4.31. The van der Waals surface area contributed by atoms with Gasteiger partial charge in [0.2, 0.25) is 0 Å². The predicted octanol–water partition coefficient (Wildman–Crippen LogP) is 2.68. The molecular formula is C13H16N2O2. The molecule has 0 unspecified atom stereocenters. The Labute approximate surface area is 101 Å². The summed E-state index contributed by atoms with van der Waals surface area (Å²) in [6, 6.07) is 5.75. The SMILES string of the molecule is CCNc1ccnc2c(OC)cc(OC)cc12. The number of methoxy groups -OCH3 is 2. The van der Waals surface area contributed by atoms with Crippen LogP contribution in [0, 0.1) is 0 Å². The number of nitrogens with zero attached hydrogens (tertiary/aromatic N) is 1. The molecule has 0 aliphatic heterocycles. The maximum Gasteiger partial charge on any atom is 0.148 e. The first-order chi connectivity index (χ1) is 8.30. The fourth-order valence-electron chi connectivity index (χ4n) is 1.82. The maximum absolute atomic E-state index is 5.33. The molecule has 17 heavy (non-hydrogen) atoms. The highest BCUT2D eigenvalue weighted by atomic mass is 16.5. The standard InChI is InChI=1S/C13H16N2O2/c1-4-14-11-5-6-15-13-10(11)7-9(16-2)8-12(13)17-3/h5-8H,4H2,1-3H3,(H,14,15). The van der Waals surface area contributed by atoms with E-state index in [1.165, 1.54) is 0 Å². The summed E-state index contributed by atoms with van der Waals surface area (Å²) in [6.45, 7) is 2.92. The minimum absolute atomic E-state index is 0.721. The van der Waals surface area contributed by atoms with Crippen LogP contribution in [0.1, 0.15) is 6.92 Å². The number of nitrogens with one attached hydrogen (secondary N) is 1. The summed E-state index contributed by atoms with van der Waals surface area (Å²) in [6.07, 6.45) is 1.77. The first kappa shape index (κ1) is 11.5. The summed E-state index contributed by atoms with van der Waals surface area (Å²) in [7, 11) is 3.28. The summed E-state index contributed by atoms with van der Waals surface area (Å²) < 4.78 is 10.6. The molecule has 0 fully saturated rings. The zero-order valence-electron chi connectivity index (χ0n) is 10.3. The van der Waals surface area contributed by atoms with Gasteiger partial charge in [-0.25, -0.2) is 0 Å². The van der Waals surface area contributed by atoms with E-state index in [2.05, 4.69) is 17.2 Å². The Balaban J connectivity index is 2.70. The molecule has 0 spiro atoms. The van der Waals surface area contributed by atoms with Crippen LogP contribution < -0.4 is 14.8 Å². The van der Waals surface area contributed by atoms with Gasteiger partial charge in [-0.1, -0.05) is 0 Å². The van der Waals surface area contributed by atoms with Crippen molar-refractivity contribution in [3.05, 3.63) is 24.4 Å². The molecular weight excluding hydrogens is 216 g/mol. The topological polar surface area (TPSA) is 43.4 Å². The van der Waals surface area contributed by atoms with Crippen LogP contribution in [-0.4, -0.2) is 25.7 Å². The molecule has 2 aromatic rings. The minimum Gasteiger partial charge on any atom is -0.497 e. The summed E-state index contributed by atoms with van der Waals surface area (Å²) >= 11 is 0. The molecule has 0 aliphatic carbocycles. The second-order valence-electron chi connectivity index (χ2n) is 3.61. The van der Waals surface area contributed by atoms with Gasteiger partial charge in [0.1, 0.15) is 17.0 Å². The lowest BCUT2D eigenvalue weighted by Crippen LogP contribution is -1.99. The molecule has 0 radical (unpaired) electrons. The quantitative estimate of drug-likeness (QED) is 0.880. The third-order valence-corrected chi connectivity index (χ3v) is 2.61. The van der Waals surface area contributed by atoms with Crippen LogP contribution in [0.25, 0.3) is 10.9 Å². The lowest BCUT2D eigenvalue weighted by atomic mass is 10.1. The summed E-state index contributed by atoms with van der Waals surface area (Å²) in [5.74, 6) is 1.49. The zero-order chi connectivity index (χ0) is 12.3. The van der Waals surface area contributed by atoms with E-state index in [-0.39, 0.29) is 0 Å². The monoisotopic (exact) mass is 232 g/mol. The van der Waals surface area contributed by atoms with Crippen molar-refractivity contribution in [2.24, 2.45) is 0 Å². The molecule has 90 valence electrons. The molecule has 1 aromatic carbocycles. The smallest absolute Gasteiger partial charge is 0.148 e. The molecule has 2 rings (SSSR count). The Kier molecular flexibility index (Phi) is 3.32. The van der Waals surface area contributed by atoms with Crippen LogP contribution >= 0.6 is 0 Å². The van der Waals surface area contributed by atoms with Crippen molar-refractivity contribution in [1.82, 2.24) is 4.98 Å². The average Bonchev–Trinajstić information content (AvgIpc) is 2.38. The fraction of sp³-hybridized carbons (Fsp3) is 0.308. The van der Waals surface area contributed by atoms with Crippen molar-refractivity contribution in [2.45, 2.75) is 6.92 Å². The molecule has 0 saturated carbocycles. The van der Waals surface area contributed by atoms with Crippen LogP contribution in [0.3, 0.4) is 0 Å². The van der Waals surface area contributed by atoms with Gasteiger partial charge in [-0.15, -0.1) is 0 Å². The summed E-state index contributed by atoms with van der Waals surface area (Å²) in [4.78, 5) is 4.35. The molecule has 0 bridgehead atoms. The van der Waals surface area contributed by atoms with Crippen LogP contribution in [-0.2, 0) is 0 Å². The first-order valence-electron chi connectivity index (χ1n) is 5.54. The van der Waals surface area contributed by atoms with E-state index in [0.29, 0.717) is 0 Å². The van der Waals surface area contributed by atoms with Gasteiger partial charge in [-0.2, -0.15) is 0 Å². The molecule has 1 aromatic heterocycles. The van der Waals surface area contributed by atoms with Crippen molar-refractivity contribution in [3.8, 4) is 11.5 Å². The van der Waals surface area contributed by atoms with Gasteiger partial charge in [-0.05, 0) is 19.1 Å². The van der Waals surface area contributed by atoms with Gasteiger partial charge >= 0.3 is 0 Å². The number of anilines is 1. The van der Waals surface area contributed by atoms with E-state index < -0.39 is 0 Å².